The Morgan fingerprint density at radius 2 is 1.71 bits per heavy atom. The number of hydrogen-bond acceptors (Lipinski definition) is 3. The zero-order valence-electron chi connectivity index (χ0n) is 14.0. The van der Waals surface area contributed by atoms with Crippen molar-refractivity contribution in [2.24, 2.45) is 5.92 Å². The molecule has 0 radical (unpaired) electrons. The van der Waals surface area contributed by atoms with E-state index in [-0.39, 0.29) is 52.7 Å². The first kappa shape index (κ1) is 23.8. The topological polar surface area (TPSA) is 38.3 Å². The molecule has 0 amide bonds. The summed E-state index contributed by atoms with van der Waals surface area (Å²) in [6.07, 6.45) is 7.44. The van der Waals surface area contributed by atoms with Crippen molar-refractivity contribution in [3.63, 3.8) is 0 Å². The van der Waals surface area contributed by atoms with Crippen LogP contribution in [0.4, 0.5) is 0 Å². The molecule has 0 unspecified atom stereocenters. The number of hydrogen-bond donors (Lipinski definition) is 1. The summed E-state index contributed by atoms with van der Waals surface area (Å²) in [5.74, 6) is 1.16. The Labute approximate surface area is 169 Å². The van der Waals surface area contributed by atoms with E-state index in [1.807, 2.05) is 20.8 Å². The van der Waals surface area contributed by atoms with Gasteiger partial charge in [-0.25, -0.2) is 0 Å². The Balaban J connectivity index is 0. The van der Waals surface area contributed by atoms with Gasteiger partial charge in [0.05, 0.1) is 12.3 Å². The maximum absolute atomic E-state index is 11.5. The van der Waals surface area contributed by atoms with Crippen LogP contribution in [0.5, 0.6) is 0 Å². The second-order valence-corrected chi connectivity index (χ2v) is 5.36. The van der Waals surface area contributed by atoms with Crippen molar-refractivity contribution in [2.75, 3.05) is 13.2 Å². The fourth-order valence-electron chi connectivity index (χ4n) is 2.37. The van der Waals surface area contributed by atoms with E-state index in [1.165, 1.54) is 32.1 Å². The van der Waals surface area contributed by atoms with E-state index in [9.17, 15) is 4.79 Å². The fourth-order valence-corrected chi connectivity index (χ4v) is 2.37. The molecule has 1 saturated carbocycles. The van der Waals surface area contributed by atoms with Gasteiger partial charge in [-0.15, -0.1) is 0 Å². The zero-order chi connectivity index (χ0) is 15.4. The first-order chi connectivity index (χ1) is 9.56. The SMILES string of the molecule is CCN/C(C)=C(\OCC1CCCCC1)C(C)=O.[CH2-]CC.[Yb]. The number of nitrogens with one attached hydrogen (secondary N) is 1. The van der Waals surface area contributed by atoms with Crippen LogP contribution >= 0.6 is 0 Å². The number of allylic oxidation sites excluding steroid dienone is 2. The molecule has 0 atom stereocenters. The summed E-state index contributed by atoms with van der Waals surface area (Å²) in [7, 11) is 0. The number of ether oxygens (including phenoxy) is 1. The van der Waals surface area contributed by atoms with Crippen molar-refractivity contribution in [3.05, 3.63) is 18.4 Å². The molecule has 0 aromatic carbocycles. The number of Topliss-reactive ketones (excluding diaryl/α,β-unsaturated/α-hetero) is 1. The second-order valence-electron chi connectivity index (χ2n) is 5.36. The van der Waals surface area contributed by atoms with Crippen molar-refractivity contribution in [1.82, 2.24) is 5.32 Å². The molecule has 0 saturated heterocycles. The molecule has 0 heterocycles. The molecule has 4 heteroatoms. The van der Waals surface area contributed by atoms with Crippen LogP contribution in [0.2, 0.25) is 0 Å². The van der Waals surface area contributed by atoms with Crippen LogP contribution in [0.3, 0.4) is 0 Å². The first-order valence-corrected chi connectivity index (χ1v) is 7.94. The maximum Gasteiger partial charge on any atom is 0.196 e. The van der Waals surface area contributed by atoms with Gasteiger partial charge in [-0.1, -0.05) is 26.2 Å². The van der Waals surface area contributed by atoms with Gasteiger partial charge in [0.1, 0.15) is 0 Å². The van der Waals surface area contributed by atoms with Crippen molar-refractivity contribution < 1.29 is 56.5 Å². The maximum atomic E-state index is 11.5. The minimum absolute atomic E-state index is 0. The normalized spacial score (nSPS) is 15.9. The number of rotatable bonds is 6. The number of carbonyl (C=O) groups excluding carboxylic acids is 1. The van der Waals surface area contributed by atoms with Crippen LogP contribution in [0.15, 0.2) is 11.5 Å². The monoisotopic (exact) mass is 456 g/mol. The summed E-state index contributed by atoms with van der Waals surface area (Å²) in [4.78, 5) is 11.5. The van der Waals surface area contributed by atoms with Crippen LogP contribution in [0.1, 0.15) is 66.2 Å². The zero-order valence-corrected chi connectivity index (χ0v) is 15.7. The molecule has 3 nitrogen and oxygen atoms in total. The summed E-state index contributed by atoms with van der Waals surface area (Å²) in [5, 5.41) is 3.15. The smallest absolute Gasteiger partial charge is 0.196 e. The van der Waals surface area contributed by atoms with E-state index in [1.54, 1.807) is 6.92 Å². The molecule has 0 aromatic heterocycles. The predicted molar refractivity (Wildman–Crippen MR) is 85.2 cm³/mol. The Hall–Kier alpha value is 0.529. The first-order valence-electron chi connectivity index (χ1n) is 7.94. The van der Waals surface area contributed by atoms with Gasteiger partial charge < -0.3 is 17.0 Å². The molecule has 1 N–H and O–H groups in total. The standard InChI is InChI=1S/C14H25NO2.C3H7.Yb/c1-4-15-11(2)14(12(3)16)17-10-13-8-6-5-7-9-13;1-3-2;/h13,15H,4-10H2,1-3H3;1,3H2,2H3;/q;-1;/b14-11-;;. The minimum Gasteiger partial charge on any atom is -0.488 e. The van der Waals surface area contributed by atoms with E-state index in [4.69, 9.17) is 4.74 Å². The summed E-state index contributed by atoms with van der Waals surface area (Å²) >= 11 is 0. The summed E-state index contributed by atoms with van der Waals surface area (Å²) < 4.78 is 5.72. The molecule has 0 aliphatic heterocycles. The Kier molecular flexibility index (Phi) is 17.5. The largest absolute Gasteiger partial charge is 0.488 e. The summed E-state index contributed by atoms with van der Waals surface area (Å²) in [6, 6.07) is 0. The molecule has 21 heavy (non-hydrogen) atoms. The van der Waals surface area contributed by atoms with Gasteiger partial charge in [-0.2, -0.15) is 6.42 Å². The van der Waals surface area contributed by atoms with E-state index in [2.05, 4.69) is 12.2 Å². The third-order valence-corrected chi connectivity index (χ3v) is 3.29. The van der Waals surface area contributed by atoms with Crippen molar-refractivity contribution in [1.29, 1.82) is 0 Å². The third kappa shape index (κ3) is 11.7. The molecular weight excluding hydrogens is 423 g/mol. The van der Waals surface area contributed by atoms with Crippen LogP contribution < -0.4 is 5.32 Å². The van der Waals surface area contributed by atoms with Crippen LogP contribution in [-0.2, 0) is 9.53 Å². The molecule has 1 rings (SSSR count). The molecule has 0 bridgehead atoms. The van der Waals surface area contributed by atoms with Crippen molar-refractivity contribution in [3.8, 4) is 0 Å². The van der Waals surface area contributed by atoms with E-state index in [0.29, 0.717) is 18.3 Å². The summed E-state index contributed by atoms with van der Waals surface area (Å²) in [6.45, 7) is 12.5. The Bertz CT molecular complexity index is 297. The molecule has 0 aromatic rings. The Morgan fingerprint density at radius 1 is 1.19 bits per heavy atom. The average molecular weight is 455 g/mol. The second kappa shape index (κ2) is 15.4. The minimum atomic E-state index is 0. The van der Waals surface area contributed by atoms with Gasteiger partial charge in [-0.05, 0) is 32.6 Å². The average Bonchev–Trinajstić information content (AvgIpc) is 2.41. The van der Waals surface area contributed by atoms with Crippen molar-refractivity contribution in [2.45, 2.75) is 66.2 Å². The van der Waals surface area contributed by atoms with E-state index < -0.39 is 0 Å². The van der Waals surface area contributed by atoms with Gasteiger partial charge in [0, 0.05) is 60.4 Å². The van der Waals surface area contributed by atoms with E-state index in [0.717, 1.165) is 18.7 Å². The predicted octanol–water partition coefficient (Wildman–Crippen LogP) is 4.24. The molecule has 1 aliphatic carbocycles. The molecule has 132 valence electrons. The van der Waals surface area contributed by atoms with Crippen LogP contribution in [0.25, 0.3) is 0 Å². The van der Waals surface area contributed by atoms with Gasteiger partial charge in [0.25, 0.3) is 0 Å². The number of carbonyl (C=O) groups is 1. The number of ketones is 1. The Morgan fingerprint density at radius 3 is 2.14 bits per heavy atom. The van der Waals surface area contributed by atoms with Crippen molar-refractivity contribution >= 4 is 5.78 Å². The van der Waals surface area contributed by atoms with Crippen LogP contribution in [-0.4, -0.2) is 18.9 Å². The summed E-state index contributed by atoms with van der Waals surface area (Å²) in [5.41, 5.74) is 0.857. The molecule has 1 aliphatic rings. The third-order valence-electron chi connectivity index (χ3n) is 3.29. The van der Waals surface area contributed by atoms with Gasteiger partial charge >= 0.3 is 0 Å². The van der Waals surface area contributed by atoms with Crippen LogP contribution in [0, 0.1) is 59.8 Å². The van der Waals surface area contributed by atoms with Gasteiger partial charge in [0.15, 0.2) is 11.5 Å². The van der Waals surface area contributed by atoms with E-state index >= 15 is 0 Å². The molecular formula is C17H32NO2Yb-. The van der Waals surface area contributed by atoms with Gasteiger partial charge in [-0.3, -0.25) is 4.79 Å². The molecule has 0 spiro atoms. The van der Waals surface area contributed by atoms with Gasteiger partial charge in [0.2, 0.25) is 0 Å². The molecule has 1 fully saturated rings. The quantitative estimate of drug-likeness (QED) is 0.370. The fraction of sp³-hybridized carbons (Fsp3) is 0.765.